The van der Waals surface area contributed by atoms with Crippen LogP contribution in [0.1, 0.15) is 37.6 Å². The van der Waals surface area contributed by atoms with Crippen molar-refractivity contribution in [2.24, 2.45) is 7.05 Å². The zero-order valence-electron chi connectivity index (χ0n) is 13.0. The number of ether oxygens (including phenoxy) is 1. The molecule has 1 aromatic carbocycles. The summed E-state index contributed by atoms with van der Waals surface area (Å²) < 4.78 is 7.91. The first kappa shape index (κ1) is 14.1. The predicted molar refractivity (Wildman–Crippen MR) is 83.4 cm³/mol. The predicted octanol–water partition coefficient (Wildman–Crippen LogP) is 2.85. The highest BCUT2D eigenvalue weighted by Gasteiger charge is 2.32. The molecule has 1 aliphatic heterocycles. The number of nitrogens with zero attached hydrogens (tertiary/aromatic N) is 2. The van der Waals surface area contributed by atoms with Crippen LogP contribution in [-0.4, -0.2) is 21.9 Å². The van der Waals surface area contributed by atoms with E-state index in [1.165, 1.54) is 5.56 Å². The maximum Gasteiger partial charge on any atom is 0.124 e. The molecule has 1 atom stereocenters. The third-order valence-electron chi connectivity index (χ3n) is 3.92. The Bertz CT molecular complexity index is 618. The van der Waals surface area contributed by atoms with Crippen molar-refractivity contribution in [1.29, 1.82) is 0 Å². The van der Waals surface area contributed by atoms with E-state index in [0.717, 1.165) is 30.8 Å². The number of rotatable bonds is 4. The first-order valence-electron chi connectivity index (χ1n) is 7.53. The first-order chi connectivity index (χ1) is 10.0. The van der Waals surface area contributed by atoms with Gasteiger partial charge >= 0.3 is 0 Å². The van der Waals surface area contributed by atoms with Gasteiger partial charge in [-0.25, -0.2) is 0 Å². The fraction of sp³-hybridized carbons (Fsp3) is 0.471. The molecular weight excluding hydrogens is 262 g/mol. The van der Waals surface area contributed by atoms with Crippen molar-refractivity contribution in [3.63, 3.8) is 0 Å². The van der Waals surface area contributed by atoms with Gasteiger partial charge in [-0.1, -0.05) is 18.2 Å². The minimum Gasteiger partial charge on any atom is -0.487 e. The molecule has 0 fully saturated rings. The Balaban J connectivity index is 1.67. The van der Waals surface area contributed by atoms with Gasteiger partial charge in [0, 0.05) is 44.2 Å². The second kappa shape index (κ2) is 5.53. The summed E-state index contributed by atoms with van der Waals surface area (Å²) >= 11 is 0. The van der Waals surface area contributed by atoms with Crippen molar-refractivity contribution < 1.29 is 4.74 Å². The second-order valence-electron chi connectivity index (χ2n) is 6.34. The first-order valence-corrected chi connectivity index (χ1v) is 7.53. The summed E-state index contributed by atoms with van der Waals surface area (Å²) in [6.07, 6.45) is 3.91. The van der Waals surface area contributed by atoms with E-state index < -0.39 is 0 Å². The molecule has 4 heteroatoms. The Morgan fingerprint density at radius 1 is 1.33 bits per heavy atom. The highest BCUT2D eigenvalue weighted by Crippen LogP contribution is 2.39. The highest BCUT2D eigenvalue weighted by molar-refractivity contribution is 5.38. The van der Waals surface area contributed by atoms with E-state index in [-0.39, 0.29) is 5.60 Å². The Hall–Kier alpha value is -1.81. The average Bonchev–Trinajstić information content (AvgIpc) is 2.83. The molecule has 0 radical (unpaired) electrons. The zero-order valence-corrected chi connectivity index (χ0v) is 13.0. The number of benzene rings is 1. The number of para-hydroxylation sites is 1. The lowest BCUT2D eigenvalue weighted by molar-refractivity contribution is 0.0662. The monoisotopic (exact) mass is 285 g/mol. The van der Waals surface area contributed by atoms with Crippen LogP contribution in [0.15, 0.2) is 36.5 Å². The smallest absolute Gasteiger partial charge is 0.124 e. The van der Waals surface area contributed by atoms with E-state index in [2.05, 4.69) is 48.5 Å². The summed E-state index contributed by atoms with van der Waals surface area (Å²) in [5.74, 6) is 1.00. The molecule has 0 spiro atoms. The maximum absolute atomic E-state index is 6.06. The van der Waals surface area contributed by atoms with Crippen molar-refractivity contribution in [1.82, 2.24) is 15.1 Å². The average molecular weight is 285 g/mol. The Kier molecular flexibility index (Phi) is 3.72. The van der Waals surface area contributed by atoms with Crippen LogP contribution in [0, 0.1) is 0 Å². The summed E-state index contributed by atoms with van der Waals surface area (Å²) in [5.41, 5.74) is 2.26. The Morgan fingerprint density at radius 2 is 2.14 bits per heavy atom. The molecule has 1 aliphatic rings. The van der Waals surface area contributed by atoms with Crippen molar-refractivity contribution in [3.8, 4) is 5.75 Å². The minimum absolute atomic E-state index is 0.128. The summed E-state index contributed by atoms with van der Waals surface area (Å²) in [7, 11) is 1.95. The molecule has 1 aromatic heterocycles. The van der Waals surface area contributed by atoms with Crippen molar-refractivity contribution >= 4 is 0 Å². The largest absolute Gasteiger partial charge is 0.487 e. The summed E-state index contributed by atoms with van der Waals surface area (Å²) in [6.45, 7) is 5.22. The van der Waals surface area contributed by atoms with Gasteiger partial charge < -0.3 is 10.1 Å². The van der Waals surface area contributed by atoms with Gasteiger partial charge in [0.2, 0.25) is 0 Å². The Labute approximate surface area is 126 Å². The van der Waals surface area contributed by atoms with Gasteiger partial charge in [-0.3, -0.25) is 4.68 Å². The molecular formula is C17H23N3O. The summed E-state index contributed by atoms with van der Waals surface area (Å²) in [4.78, 5) is 0. The van der Waals surface area contributed by atoms with Crippen molar-refractivity contribution in [3.05, 3.63) is 47.8 Å². The van der Waals surface area contributed by atoms with Gasteiger partial charge in [0.05, 0.1) is 5.69 Å². The van der Waals surface area contributed by atoms with E-state index in [1.54, 1.807) is 0 Å². The molecule has 3 rings (SSSR count). The van der Waals surface area contributed by atoms with Gasteiger partial charge in [-0.2, -0.15) is 5.10 Å². The maximum atomic E-state index is 6.06. The third kappa shape index (κ3) is 3.27. The topological polar surface area (TPSA) is 39.1 Å². The number of hydrogen-bond donors (Lipinski definition) is 1. The van der Waals surface area contributed by atoms with Crippen LogP contribution >= 0.6 is 0 Å². The van der Waals surface area contributed by atoms with Crippen molar-refractivity contribution in [2.75, 3.05) is 6.54 Å². The zero-order chi connectivity index (χ0) is 14.9. The quantitative estimate of drug-likeness (QED) is 0.939. The summed E-state index contributed by atoms with van der Waals surface area (Å²) in [6, 6.07) is 10.7. The van der Waals surface area contributed by atoms with Crippen LogP contribution in [-0.2, 0) is 13.5 Å². The van der Waals surface area contributed by atoms with E-state index >= 15 is 0 Å². The van der Waals surface area contributed by atoms with Gasteiger partial charge in [0.1, 0.15) is 11.4 Å². The Morgan fingerprint density at radius 3 is 2.90 bits per heavy atom. The number of aryl methyl sites for hydroxylation is 1. The number of hydrogen-bond acceptors (Lipinski definition) is 3. The van der Waals surface area contributed by atoms with E-state index in [4.69, 9.17) is 4.74 Å². The fourth-order valence-electron chi connectivity index (χ4n) is 2.96. The normalized spacial score (nSPS) is 19.9. The van der Waals surface area contributed by atoms with Crippen LogP contribution in [0.5, 0.6) is 5.75 Å². The van der Waals surface area contributed by atoms with Crippen LogP contribution in [0.3, 0.4) is 0 Å². The molecule has 1 unspecified atom stereocenters. The van der Waals surface area contributed by atoms with Crippen LogP contribution in [0.25, 0.3) is 0 Å². The van der Waals surface area contributed by atoms with Gasteiger partial charge in [-0.05, 0) is 26.0 Å². The molecule has 1 N–H and O–H groups in total. The molecule has 0 saturated carbocycles. The molecule has 4 nitrogen and oxygen atoms in total. The highest BCUT2D eigenvalue weighted by atomic mass is 16.5. The SMILES string of the molecule is Cn1ccc(CCNC2CC(C)(C)Oc3ccccc32)n1. The lowest BCUT2D eigenvalue weighted by atomic mass is 9.89. The van der Waals surface area contributed by atoms with Gasteiger partial charge in [-0.15, -0.1) is 0 Å². The minimum atomic E-state index is -0.128. The standard InChI is InChI=1S/C17H23N3O/c1-17(2)12-15(14-6-4-5-7-16(14)21-17)18-10-8-13-9-11-20(3)19-13/h4-7,9,11,15,18H,8,10,12H2,1-3H3. The molecule has 0 aliphatic carbocycles. The van der Waals surface area contributed by atoms with E-state index in [9.17, 15) is 0 Å². The molecule has 2 aromatic rings. The lowest BCUT2D eigenvalue weighted by Crippen LogP contribution is -2.40. The molecule has 0 saturated heterocycles. The van der Waals surface area contributed by atoms with Crippen molar-refractivity contribution in [2.45, 2.75) is 38.3 Å². The lowest BCUT2D eigenvalue weighted by Gasteiger charge is -2.38. The number of fused-ring (bicyclic) bond motifs is 1. The van der Waals surface area contributed by atoms with Crippen LogP contribution in [0.4, 0.5) is 0 Å². The van der Waals surface area contributed by atoms with Gasteiger partial charge in [0.25, 0.3) is 0 Å². The van der Waals surface area contributed by atoms with Crippen LogP contribution in [0.2, 0.25) is 0 Å². The second-order valence-corrected chi connectivity index (χ2v) is 6.34. The van der Waals surface area contributed by atoms with E-state index in [0.29, 0.717) is 6.04 Å². The van der Waals surface area contributed by atoms with Gasteiger partial charge in [0.15, 0.2) is 0 Å². The van der Waals surface area contributed by atoms with E-state index in [1.807, 2.05) is 24.0 Å². The molecule has 0 amide bonds. The molecule has 2 heterocycles. The summed E-state index contributed by atoms with van der Waals surface area (Å²) in [5, 5.41) is 8.08. The molecule has 112 valence electrons. The molecule has 0 bridgehead atoms. The number of nitrogens with one attached hydrogen (secondary N) is 1. The van der Waals surface area contributed by atoms with Crippen LogP contribution < -0.4 is 10.1 Å². The third-order valence-corrected chi connectivity index (χ3v) is 3.92. The number of aromatic nitrogens is 2. The fourth-order valence-corrected chi connectivity index (χ4v) is 2.96. The molecule has 21 heavy (non-hydrogen) atoms.